The number of carbonyl (C=O) groups excluding carboxylic acids is 2. The zero-order valence-electron chi connectivity index (χ0n) is 17.7. The second kappa shape index (κ2) is 9.73. The number of halogens is 1. The van der Waals surface area contributed by atoms with Gasteiger partial charge in [0.1, 0.15) is 11.6 Å². The molecule has 0 aliphatic rings. The van der Waals surface area contributed by atoms with Gasteiger partial charge in [-0.15, -0.1) is 0 Å². The summed E-state index contributed by atoms with van der Waals surface area (Å²) in [6, 6.07) is 17.4. The Balaban J connectivity index is 1.38. The first-order valence-corrected chi connectivity index (χ1v) is 10.1. The van der Waals surface area contributed by atoms with E-state index in [9.17, 15) is 14.0 Å². The lowest BCUT2D eigenvalue weighted by Crippen LogP contribution is -2.19. The summed E-state index contributed by atoms with van der Waals surface area (Å²) in [5, 5.41) is 11.0. The molecule has 2 aromatic carbocycles. The minimum atomic E-state index is -0.484. The molecule has 0 bridgehead atoms. The van der Waals surface area contributed by atoms with Crippen molar-refractivity contribution in [2.24, 2.45) is 5.10 Å². The normalized spacial score (nSPS) is 11.3. The van der Waals surface area contributed by atoms with Crippen molar-refractivity contribution >= 4 is 23.2 Å². The van der Waals surface area contributed by atoms with E-state index in [1.165, 1.54) is 24.3 Å². The molecule has 0 saturated carbocycles. The third-order valence-electron chi connectivity index (χ3n) is 4.73. The van der Waals surface area contributed by atoms with Crippen LogP contribution in [0.2, 0.25) is 0 Å². The maximum atomic E-state index is 13.0. The van der Waals surface area contributed by atoms with Gasteiger partial charge in [0.05, 0.1) is 12.3 Å². The predicted molar refractivity (Wildman–Crippen MR) is 121 cm³/mol. The fraction of sp³-hybridized carbons (Fsp3) is 0.0833. The second-order valence-electron chi connectivity index (χ2n) is 7.15. The van der Waals surface area contributed by atoms with E-state index in [2.05, 4.69) is 20.9 Å². The highest BCUT2D eigenvalue weighted by molar-refractivity contribution is 6.06. The van der Waals surface area contributed by atoms with E-state index in [4.69, 9.17) is 4.42 Å². The molecular weight excluding hydrogens is 425 g/mol. The molecule has 0 spiro atoms. The number of hydrogen-bond acceptors (Lipinski definition) is 5. The van der Waals surface area contributed by atoms with Gasteiger partial charge in [-0.2, -0.15) is 10.2 Å². The molecular formula is C24H20FN5O3. The Morgan fingerprint density at radius 3 is 2.61 bits per heavy atom. The lowest BCUT2D eigenvalue weighted by atomic mass is 10.1. The molecule has 0 aliphatic carbocycles. The number of rotatable bonds is 7. The first-order valence-electron chi connectivity index (χ1n) is 10.1. The molecule has 8 nitrogen and oxygen atoms in total. The van der Waals surface area contributed by atoms with Gasteiger partial charge in [-0.25, -0.2) is 9.82 Å². The zero-order chi connectivity index (χ0) is 23.2. The monoisotopic (exact) mass is 445 g/mol. The topological polar surface area (TPSA) is 102 Å². The molecule has 4 rings (SSSR count). The molecule has 0 saturated heterocycles. The zero-order valence-corrected chi connectivity index (χ0v) is 17.7. The number of hydrogen-bond donors (Lipinski definition) is 2. The molecule has 2 aromatic heterocycles. The summed E-state index contributed by atoms with van der Waals surface area (Å²) in [5.74, 6) is -0.533. The van der Waals surface area contributed by atoms with E-state index >= 15 is 0 Å². The molecule has 2 heterocycles. The van der Waals surface area contributed by atoms with Crippen LogP contribution in [0, 0.1) is 5.82 Å². The lowest BCUT2D eigenvalue weighted by Gasteiger charge is -2.08. The van der Waals surface area contributed by atoms with Crippen LogP contribution in [0.3, 0.4) is 0 Å². The van der Waals surface area contributed by atoms with E-state index in [0.29, 0.717) is 34.8 Å². The standard InChI is InChI=1S/C24H20FN5O3/c1-16(28-29-24(32)22-11-10-21(33-22)15-30-13-3-12-26-30)18-4-2-5-20(14-18)27-23(31)17-6-8-19(25)9-7-17/h2-14H,15H2,1H3,(H,27,31)(H,29,32)/b28-16+. The molecule has 166 valence electrons. The van der Waals surface area contributed by atoms with Gasteiger partial charge in [-0.05, 0) is 67.1 Å². The maximum Gasteiger partial charge on any atom is 0.307 e. The number of amides is 2. The van der Waals surface area contributed by atoms with E-state index in [1.807, 2.05) is 0 Å². The Morgan fingerprint density at radius 2 is 1.85 bits per heavy atom. The Labute approximate surface area is 188 Å². The molecule has 0 fully saturated rings. The molecule has 0 aliphatic heterocycles. The van der Waals surface area contributed by atoms with Crippen molar-refractivity contribution in [2.75, 3.05) is 5.32 Å². The van der Waals surface area contributed by atoms with Crippen LogP contribution in [0.5, 0.6) is 0 Å². The highest BCUT2D eigenvalue weighted by atomic mass is 19.1. The van der Waals surface area contributed by atoms with Crippen LogP contribution in [0.25, 0.3) is 0 Å². The van der Waals surface area contributed by atoms with Gasteiger partial charge in [0, 0.05) is 23.6 Å². The summed E-state index contributed by atoms with van der Waals surface area (Å²) in [5.41, 5.74) is 4.58. The molecule has 4 aromatic rings. The summed E-state index contributed by atoms with van der Waals surface area (Å²) in [6.45, 7) is 2.14. The minimum Gasteiger partial charge on any atom is -0.454 e. The summed E-state index contributed by atoms with van der Waals surface area (Å²) >= 11 is 0. The van der Waals surface area contributed by atoms with Crippen LogP contribution < -0.4 is 10.7 Å². The SMILES string of the molecule is C/C(=N\NC(=O)c1ccc(Cn2cccn2)o1)c1cccc(NC(=O)c2ccc(F)cc2)c1. The third-order valence-corrected chi connectivity index (χ3v) is 4.73. The van der Waals surface area contributed by atoms with Crippen molar-refractivity contribution in [2.45, 2.75) is 13.5 Å². The fourth-order valence-corrected chi connectivity index (χ4v) is 3.02. The average Bonchev–Trinajstić information content (AvgIpc) is 3.50. The van der Waals surface area contributed by atoms with Crippen molar-refractivity contribution in [3.05, 3.63) is 108 Å². The number of aromatic nitrogens is 2. The quantitative estimate of drug-likeness (QED) is 0.331. The molecule has 2 amide bonds. The highest BCUT2D eigenvalue weighted by Gasteiger charge is 2.12. The van der Waals surface area contributed by atoms with Gasteiger partial charge >= 0.3 is 5.91 Å². The van der Waals surface area contributed by atoms with Crippen molar-refractivity contribution in [3.63, 3.8) is 0 Å². The number of benzene rings is 2. The first-order chi connectivity index (χ1) is 16.0. The Hall–Kier alpha value is -4.53. The summed E-state index contributed by atoms with van der Waals surface area (Å²) < 4.78 is 20.3. The number of carbonyl (C=O) groups is 2. The Morgan fingerprint density at radius 1 is 1.03 bits per heavy atom. The summed E-state index contributed by atoms with van der Waals surface area (Å²) in [7, 11) is 0. The number of nitrogens with zero attached hydrogens (tertiary/aromatic N) is 3. The summed E-state index contributed by atoms with van der Waals surface area (Å²) in [6.07, 6.45) is 3.46. The van der Waals surface area contributed by atoms with Crippen LogP contribution in [-0.2, 0) is 6.54 Å². The van der Waals surface area contributed by atoms with Crippen molar-refractivity contribution in [1.29, 1.82) is 0 Å². The fourth-order valence-electron chi connectivity index (χ4n) is 3.02. The van der Waals surface area contributed by atoms with Gasteiger partial charge in [0.15, 0.2) is 5.76 Å². The highest BCUT2D eigenvalue weighted by Crippen LogP contribution is 2.14. The number of hydrazone groups is 1. The Bertz CT molecular complexity index is 1290. The predicted octanol–water partition coefficient (Wildman–Crippen LogP) is 4.07. The molecule has 9 heteroatoms. The molecule has 0 atom stereocenters. The first kappa shape index (κ1) is 21.7. The average molecular weight is 445 g/mol. The van der Waals surface area contributed by atoms with E-state index in [1.54, 1.807) is 66.5 Å². The van der Waals surface area contributed by atoms with Crippen LogP contribution in [0.4, 0.5) is 10.1 Å². The van der Waals surface area contributed by atoms with Gasteiger partial charge in [-0.1, -0.05) is 12.1 Å². The largest absolute Gasteiger partial charge is 0.454 e. The van der Waals surface area contributed by atoms with E-state index in [-0.39, 0.29) is 11.7 Å². The number of anilines is 1. The smallest absolute Gasteiger partial charge is 0.307 e. The van der Waals surface area contributed by atoms with Gasteiger partial charge in [-0.3, -0.25) is 14.3 Å². The van der Waals surface area contributed by atoms with E-state index in [0.717, 1.165) is 0 Å². The van der Waals surface area contributed by atoms with Crippen LogP contribution in [0.15, 0.2) is 88.6 Å². The minimum absolute atomic E-state index is 0.133. The van der Waals surface area contributed by atoms with Crippen molar-refractivity contribution < 1.29 is 18.4 Å². The van der Waals surface area contributed by atoms with Crippen LogP contribution >= 0.6 is 0 Å². The lowest BCUT2D eigenvalue weighted by molar-refractivity contribution is 0.0924. The third kappa shape index (κ3) is 5.59. The van der Waals surface area contributed by atoms with Gasteiger partial charge in [0.2, 0.25) is 0 Å². The Kier molecular flexibility index (Phi) is 6.40. The second-order valence-corrected chi connectivity index (χ2v) is 7.15. The van der Waals surface area contributed by atoms with Crippen LogP contribution in [-0.4, -0.2) is 27.3 Å². The van der Waals surface area contributed by atoms with Crippen molar-refractivity contribution in [3.8, 4) is 0 Å². The van der Waals surface area contributed by atoms with Crippen molar-refractivity contribution in [1.82, 2.24) is 15.2 Å². The van der Waals surface area contributed by atoms with Crippen LogP contribution in [0.1, 0.15) is 39.2 Å². The molecule has 0 radical (unpaired) electrons. The molecule has 33 heavy (non-hydrogen) atoms. The number of furan rings is 1. The van der Waals surface area contributed by atoms with E-state index < -0.39 is 11.7 Å². The van der Waals surface area contributed by atoms with Gasteiger partial charge < -0.3 is 9.73 Å². The maximum absolute atomic E-state index is 13.0. The number of nitrogens with one attached hydrogen (secondary N) is 2. The van der Waals surface area contributed by atoms with Gasteiger partial charge in [0.25, 0.3) is 5.91 Å². The molecule has 0 unspecified atom stereocenters. The summed E-state index contributed by atoms with van der Waals surface area (Å²) in [4.78, 5) is 24.7. The molecule has 2 N–H and O–H groups in total.